The van der Waals surface area contributed by atoms with E-state index in [0.717, 1.165) is 18.0 Å². The normalized spacial score (nSPS) is 18.6. The number of hydrogen-bond donors (Lipinski definition) is 2. The molecule has 2 aromatic rings. The van der Waals surface area contributed by atoms with Crippen LogP contribution in [0.3, 0.4) is 0 Å². The van der Waals surface area contributed by atoms with Gasteiger partial charge in [-0.15, -0.1) is 11.3 Å². The van der Waals surface area contributed by atoms with Crippen molar-refractivity contribution in [3.63, 3.8) is 0 Å². The number of nitrogens with zero attached hydrogens (tertiary/aromatic N) is 2. The van der Waals surface area contributed by atoms with E-state index in [-0.39, 0.29) is 12.1 Å². The molecule has 1 fully saturated rings. The summed E-state index contributed by atoms with van der Waals surface area (Å²) in [5, 5.41) is 8.04. The molecule has 0 unspecified atom stereocenters. The first-order valence-corrected chi connectivity index (χ1v) is 11.4. The van der Waals surface area contributed by atoms with Crippen LogP contribution in [0.4, 0.5) is 4.79 Å². The summed E-state index contributed by atoms with van der Waals surface area (Å²) in [5.41, 5.74) is 2.47. The third kappa shape index (κ3) is 6.84. The number of nitrogens with one attached hydrogen (secondary N) is 2. The second-order valence-corrected chi connectivity index (χ2v) is 9.34. The van der Waals surface area contributed by atoms with Crippen molar-refractivity contribution in [2.24, 2.45) is 5.92 Å². The molecule has 0 bridgehead atoms. The highest BCUT2D eigenvalue weighted by atomic mass is 32.1. The van der Waals surface area contributed by atoms with Gasteiger partial charge < -0.3 is 15.5 Å². The van der Waals surface area contributed by atoms with Crippen molar-refractivity contribution < 1.29 is 4.79 Å². The monoisotopic (exact) mass is 414 g/mol. The molecule has 0 radical (unpaired) electrons. The predicted octanol–water partition coefficient (Wildman–Crippen LogP) is 4.08. The SMILES string of the molecule is C[C@@H]1CCCN(Cc2ccc(CNC(=O)NC[C@H](c3cccs3)N(C)C)cc2)C1. The van der Waals surface area contributed by atoms with Gasteiger partial charge in [0.05, 0.1) is 6.04 Å². The Morgan fingerprint density at radius 2 is 1.97 bits per heavy atom. The molecule has 29 heavy (non-hydrogen) atoms. The number of rotatable bonds is 8. The zero-order valence-electron chi connectivity index (χ0n) is 17.9. The molecule has 158 valence electrons. The maximum Gasteiger partial charge on any atom is 0.315 e. The summed E-state index contributed by atoms with van der Waals surface area (Å²) in [6.07, 6.45) is 2.66. The van der Waals surface area contributed by atoms with Gasteiger partial charge >= 0.3 is 6.03 Å². The first-order valence-electron chi connectivity index (χ1n) is 10.5. The van der Waals surface area contributed by atoms with E-state index in [1.165, 1.54) is 36.4 Å². The Morgan fingerprint density at radius 1 is 1.21 bits per heavy atom. The number of likely N-dealkylation sites (tertiary alicyclic amines) is 1. The van der Waals surface area contributed by atoms with Crippen LogP contribution in [-0.2, 0) is 13.1 Å². The average molecular weight is 415 g/mol. The van der Waals surface area contributed by atoms with Gasteiger partial charge in [-0.3, -0.25) is 4.90 Å². The zero-order chi connectivity index (χ0) is 20.6. The van der Waals surface area contributed by atoms with E-state index in [0.29, 0.717) is 13.1 Å². The summed E-state index contributed by atoms with van der Waals surface area (Å²) in [6.45, 7) is 6.89. The smallest absolute Gasteiger partial charge is 0.315 e. The fourth-order valence-electron chi connectivity index (χ4n) is 3.90. The molecule has 1 aromatic heterocycles. The van der Waals surface area contributed by atoms with Crippen molar-refractivity contribution in [1.29, 1.82) is 0 Å². The second kappa shape index (κ2) is 10.8. The van der Waals surface area contributed by atoms with Gasteiger partial charge in [0.1, 0.15) is 0 Å². The van der Waals surface area contributed by atoms with Gasteiger partial charge in [0.25, 0.3) is 0 Å². The molecule has 0 saturated carbocycles. The van der Waals surface area contributed by atoms with E-state index >= 15 is 0 Å². The standard InChI is InChI=1S/C23H34N4OS/c1-18-6-4-12-27(16-18)17-20-10-8-19(9-11-20)14-24-23(28)25-15-21(26(2)3)22-7-5-13-29-22/h5,7-11,13,18,21H,4,6,12,14-17H2,1-3H3,(H2,24,25,28)/t18-,21-/m1/s1. The Labute approximate surface area is 179 Å². The molecule has 2 atom stereocenters. The topological polar surface area (TPSA) is 47.6 Å². The third-order valence-electron chi connectivity index (χ3n) is 5.57. The molecule has 0 spiro atoms. The van der Waals surface area contributed by atoms with E-state index in [1.54, 1.807) is 11.3 Å². The molecule has 6 heteroatoms. The highest BCUT2D eigenvalue weighted by molar-refractivity contribution is 7.10. The number of hydrogen-bond acceptors (Lipinski definition) is 4. The minimum Gasteiger partial charge on any atom is -0.336 e. The first kappa shape index (κ1) is 21.8. The number of thiophene rings is 1. The van der Waals surface area contributed by atoms with Gasteiger partial charge in [0.2, 0.25) is 0 Å². The Balaban J connectivity index is 1.41. The summed E-state index contributed by atoms with van der Waals surface area (Å²) in [4.78, 5) is 18.2. The maximum atomic E-state index is 12.2. The minimum absolute atomic E-state index is 0.125. The highest BCUT2D eigenvalue weighted by Gasteiger charge is 2.17. The lowest BCUT2D eigenvalue weighted by Gasteiger charge is -2.30. The van der Waals surface area contributed by atoms with Crippen LogP contribution < -0.4 is 10.6 Å². The van der Waals surface area contributed by atoms with Gasteiger partial charge in [-0.05, 0) is 62.0 Å². The van der Waals surface area contributed by atoms with Crippen LogP contribution in [-0.4, -0.2) is 49.6 Å². The molecule has 0 aliphatic carbocycles. The molecule has 1 aliphatic heterocycles. The van der Waals surface area contributed by atoms with Crippen LogP contribution in [0, 0.1) is 5.92 Å². The quantitative estimate of drug-likeness (QED) is 0.684. The molecule has 2 heterocycles. The Morgan fingerprint density at radius 3 is 2.62 bits per heavy atom. The number of piperidine rings is 1. The van der Waals surface area contributed by atoms with Gasteiger partial charge in [-0.25, -0.2) is 4.79 Å². The van der Waals surface area contributed by atoms with Crippen molar-refractivity contribution in [3.8, 4) is 0 Å². The summed E-state index contributed by atoms with van der Waals surface area (Å²) < 4.78 is 0. The van der Waals surface area contributed by atoms with Gasteiger partial charge in [0.15, 0.2) is 0 Å². The van der Waals surface area contributed by atoms with Gasteiger partial charge in [0, 0.05) is 31.1 Å². The Bertz CT molecular complexity index is 745. The van der Waals surface area contributed by atoms with E-state index in [9.17, 15) is 4.79 Å². The summed E-state index contributed by atoms with van der Waals surface area (Å²) in [5.74, 6) is 0.803. The number of amides is 2. The molecular formula is C23H34N4OS. The fraction of sp³-hybridized carbons (Fsp3) is 0.522. The minimum atomic E-state index is -0.125. The van der Waals surface area contributed by atoms with Crippen LogP contribution in [0.2, 0.25) is 0 Å². The van der Waals surface area contributed by atoms with Crippen molar-refractivity contribution in [3.05, 3.63) is 57.8 Å². The summed E-state index contributed by atoms with van der Waals surface area (Å²) in [6, 6.07) is 12.8. The average Bonchev–Trinajstić information content (AvgIpc) is 3.22. The number of carbonyl (C=O) groups excluding carboxylic acids is 1. The lowest BCUT2D eigenvalue weighted by molar-refractivity contribution is 0.176. The fourth-order valence-corrected chi connectivity index (χ4v) is 4.83. The summed E-state index contributed by atoms with van der Waals surface area (Å²) in [7, 11) is 4.08. The van der Waals surface area contributed by atoms with Crippen molar-refractivity contribution in [1.82, 2.24) is 20.4 Å². The van der Waals surface area contributed by atoms with Crippen molar-refractivity contribution in [2.45, 2.75) is 38.9 Å². The first-order chi connectivity index (χ1) is 14.0. The predicted molar refractivity (Wildman–Crippen MR) is 121 cm³/mol. The summed E-state index contributed by atoms with van der Waals surface area (Å²) >= 11 is 1.72. The van der Waals surface area contributed by atoms with Crippen LogP contribution in [0.25, 0.3) is 0 Å². The number of likely N-dealkylation sites (N-methyl/N-ethyl adjacent to an activating group) is 1. The van der Waals surface area contributed by atoms with E-state index < -0.39 is 0 Å². The molecular weight excluding hydrogens is 380 g/mol. The van der Waals surface area contributed by atoms with E-state index in [2.05, 4.69) is 63.1 Å². The van der Waals surface area contributed by atoms with Gasteiger partial charge in [-0.1, -0.05) is 37.3 Å². The van der Waals surface area contributed by atoms with E-state index in [4.69, 9.17) is 0 Å². The molecule has 2 amide bonds. The van der Waals surface area contributed by atoms with Crippen LogP contribution in [0.5, 0.6) is 0 Å². The largest absolute Gasteiger partial charge is 0.336 e. The number of carbonyl (C=O) groups is 1. The number of benzene rings is 1. The van der Waals surface area contributed by atoms with Crippen molar-refractivity contribution >= 4 is 17.4 Å². The lowest BCUT2D eigenvalue weighted by Crippen LogP contribution is -2.40. The van der Waals surface area contributed by atoms with Crippen molar-refractivity contribution in [2.75, 3.05) is 33.7 Å². The zero-order valence-corrected chi connectivity index (χ0v) is 18.7. The molecule has 3 rings (SSSR count). The molecule has 1 aliphatic rings. The maximum absolute atomic E-state index is 12.2. The molecule has 1 saturated heterocycles. The van der Waals surface area contributed by atoms with Crippen LogP contribution in [0.1, 0.15) is 41.8 Å². The van der Waals surface area contributed by atoms with E-state index in [1.807, 2.05) is 20.2 Å². The molecule has 5 nitrogen and oxygen atoms in total. The van der Waals surface area contributed by atoms with Crippen LogP contribution in [0.15, 0.2) is 41.8 Å². The Hall–Kier alpha value is -1.89. The third-order valence-corrected chi connectivity index (χ3v) is 6.55. The second-order valence-electron chi connectivity index (χ2n) is 8.36. The molecule has 1 aromatic carbocycles. The molecule has 2 N–H and O–H groups in total. The highest BCUT2D eigenvalue weighted by Crippen LogP contribution is 2.22. The Kier molecular flexibility index (Phi) is 8.09. The lowest BCUT2D eigenvalue weighted by atomic mass is 9.99. The van der Waals surface area contributed by atoms with Crippen LogP contribution >= 0.6 is 11.3 Å². The van der Waals surface area contributed by atoms with Gasteiger partial charge in [-0.2, -0.15) is 0 Å². The number of urea groups is 1.